The van der Waals surface area contributed by atoms with Gasteiger partial charge in [0.2, 0.25) is 0 Å². The van der Waals surface area contributed by atoms with Gasteiger partial charge in [0.1, 0.15) is 11.6 Å². The van der Waals surface area contributed by atoms with Gasteiger partial charge in [0.25, 0.3) is 0 Å². The molecule has 2 atom stereocenters. The van der Waals surface area contributed by atoms with E-state index in [2.05, 4.69) is 55.9 Å². The van der Waals surface area contributed by atoms with Crippen LogP contribution >= 0.6 is 15.9 Å². The molecule has 0 aliphatic heterocycles. The van der Waals surface area contributed by atoms with Gasteiger partial charge in [0.05, 0.1) is 10.2 Å². The fraction of sp³-hybridized carbons (Fsp3) is 0.765. The Hall–Kier alpha value is -0.640. The van der Waals surface area contributed by atoms with Crippen molar-refractivity contribution in [1.29, 1.82) is 0 Å². The lowest BCUT2D eigenvalue weighted by atomic mass is 9.91. The van der Waals surface area contributed by atoms with Gasteiger partial charge in [-0.25, -0.2) is 9.97 Å². The lowest BCUT2D eigenvalue weighted by Crippen LogP contribution is -2.19. The van der Waals surface area contributed by atoms with Gasteiger partial charge in [-0.15, -0.1) is 0 Å². The molecule has 0 bridgehead atoms. The third-order valence-corrected chi connectivity index (χ3v) is 4.93. The lowest BCUT2D eigenvalue weighted by molar-refractivity contribution is 0.542. The number of nitrogens with one attached hydrogen (secondary N) is 1. The molecule has 1 aromatic heterocycles. The number of hydrogen-bond donors (Lipinski definition) is 1. The molecule has 1 N–H and O–H groups in total. The van der Waals surface area contributed by atoms with E-state index in [1.807, 2.05) is 0 Å². The number of anilines is 1. The van der Waals surface area contributed by atoms with Gasteiger partial charge < -0.3 is 5.32 Å². The van der Waals surface area contributed by atoms with E-state index in [0.29, 0.717) is 5.92 Å². The second-order valence-corrected chi connectivity index (χ2v) is 8.18. The van der Waals surface area contributed by atoms with Crippen LogP contribution < -0.4 is 5.32 Å². The van der Waals surface area contributed by atoms with Crippen LogP contribution in [0.15, 0.2) is 4.47 Å². The topological polar surface area (TPSA) is 37.8 Å². The molecule has 1 aliphatic rings. The molecule has 2 unspecified atom stereocenters. The molecule has 0 amide bonds. The third kappa shape index (κ3) is 3.97. The van der Waals surface area contributed by atoms with Crippen molar-refractivity contribution in [2.75, 3.05) is 11.9 Å². The maximum atomic E-state index is 4.93. The molecule has 4 heteroatoms. The molecule has 1 heterocycles. The second-order valence-electron chi connectivity index (χ2n) is 7.38. The largest absolute Gasteiger partial charge is 0.369 e. The van der Waals surface area contributed by atoms with E-state index in [4.69, 9.17) is 9.97 Å². The van der Waals surface area contributed by atoms with Crippen LogP contribution in [0.5, 0.6) is 0 Å². The minimum absolute atomic E-state index is 0.0173. The van der Waals surface area contributed by atoms with E-state index in [9.17, 15) is 0 Å². The fourth-order valence-electron chi connectivity index (χ4n) is 2.95. The average Bonchev–Trinajstić information content (AvgIpc) is 2.83. The number of halogens is 1. The molecule has 1 saturated carbocycles. The summed E-state index contributed by atoms with van der Waals surface area (Å²) < 4.78 is 1.03. The quantitative estimate of drug-likeness (QED) is 0.801. The Kier molecular flexibility index (Phi) is 5.29. The third-order valence-electron chi connectivity index (χ3n) is 4.18. The Labute approximate surface area is 137 Å². The first-order valence-electron chi connectivity index (χ1n) is 8.14. The van der Waals surface area contributed by atoms with Gasteiger partial charge in [0, 0.05) is 17.9 Å². The van der Waals surface area contributed by atoms with E-state index in [1.54, 1.807) is 0 Å². The Morgan fingerprint density at radius 1 is 1.24 bits per heavy atom. The molecule has 0 aromatic carbocycles. The number of aromatic nitrogens is 2. The van der Waals surface area contributed by atoms with Crippen molar-refractivity contribution >= 4 is 21.7 Å². The zero-order valence-corrected chi connectivity index (χ0v) is 15.5. The molecule has 1 fully saturated rings. The Bertz CT molecular complexity index is 494. The summed E-state index contributed by atoms with van der Waals surface area (Å²) >= 11 is 3.71. The van der Waals surface area contributed by atoms with Crippen LogP contribution in [0.3, 0.4) is 0 Å². The van der Waals surface area contributed by atoms with Gasteiger partial charge in [0.15, 0.2) is 0 Å². The van der Waals surface area contributed by atoms with Gasteiger partial charge >= 0.3 is 0 Å². The number of hydrogen-bond acceptors (Lipinski definition) is 3. The summed E-state index contributed by atoms with van der Waals surface area (Å²) in [5.41, 5.74) is 1.13. The number of nitrogens with zero attached hydrogens (tertiary/aromatic N) is 2. The van der Waals surface area contributed by atoms with E-state index in [0.717, 1.165) is 40.7 Å². The second kappa shape index (κ2) is 6.64. The predicted octanol–water partition coefficient (Wildman–Crippen LogP) is 5.26. The first kappa shape index (κ1) is 16.7. The highest BCUT2D eigenvalue weighted by Gasteiger charge is 2.29. The summed E-state index contributed by atoms with van der Waals surface area (Å²) in [5.74, 6) is 3.32. The monoisotopic (exact) mass is 353 g/mol. The molecule has 0 radical (unpaired) electrons. The molecule has 21 heavy (non-hydrogen) atoms. The predicted molar refractivity (Wildman–Crippen MR) is 93.0 cm³/mol. The highest BCUT2D eigenvalue weighted by molar-refractivity contribution is 9.10. The first-order valence-corrected chi connectivity index (χ1v) is 8.94. The minimum atomic E-state index is 0.0173. The highest BCUT2D eigenvalue weighted by Crippen LogP contribution is 2.39. The van der Waals surface area contributed by atoms with E-state index in [-0.39, 0.29) is 5.41 Å². The van der Waals surface area contributed by atoms with Crippen LogP contribution in [0.2, 0.25) is 0 Å². The lowest BCUT2D eigenvalue weighted by Gasteiger charge is -2.23. The van der Waals surface area contributed by atoms with Crippen LogP contribution in [0, 0.1) is 5.92 Å². The Balaban J connectivity index is 2.41. The Morgan fingerprint density at radius 2 is 1.95 bits per heavy atom. The maximum absolute atomic E-state index is 4.93. The van der Waals surface area contributed by atoms with Crippen LogP contribution in [0.1, 0.15) is 77.7 Å². The summed E-state index contributed by atoms with van der Waals surface area (Å²) in [6, 6.07) is 0. The van der Waals surface area contributed by atoms with Crippen molar-refractivity contribution < 1.29 is 0 Å². The zero-order valence-electron chi connectivity index (χ0n) is 14.0. The highest BCUT2D eigenvalue weighted by atomic mass is 79.9. The summed E-state index contributed by atoms with van der Waals surface area (Å²) in [5, 5.41) is 3.45. The molecule has 1 aliphatic carbocycles. The summed E-state index contributed by atoms with van der Waals surface area (Å²) in [4.78, 5) is 9.76. The van der Waals surface area contributed by atoms with Crippen molar-refractivity contribution in [3.8, 4) is 0 Å². The maximum Gasteiger partial charge on any atom is 0.144 e. The van der Waals surface area contributed by atoms with Crippen molar-refractivity contribution in [3.63, 3.8) is 0 Å². The summed E-state index contributed by atoms with van der Waals surface area (Å²) in [6.45, 7) is 12.1. The van der Waals surface area contributed by atoms with Crippen LogP contribution in [0.25, 0.3) is 0 Å². The van der Waals surface area contributed by atoms with E-state index >= 15 is 0 Å². The van der Waals surface area contributed by atoms with Crippen LogP contribution in [-0.2, 0) is 5.41 Å². The first-order chi connectivity index (χ1) is 9.82. The minimum Gasteiger partial charge on any atom is -0.369 e. The fourth-order valence-corrected chi connectivity index (χ4v) is 3.86. The SMILES string of the molecule is CCCNc1nc(C2CCC(C)C2)nc(C(C)(C)C)c1Br. The van der Waals surface area contributed by atoms with Crippen LogP contribution in [0.4, 0.5) is 5.82 Å². The van der Waals surface area contributed by atoms with Crippen molar-refractivity contribution in [2.45, 2.75) is 71.6 Å². The van der Waals surface area contributed by atoms with Gasteiger partial charge in [-0.05, 0) is 47.5 Å². The van der Waals surface area contributed by atoms with E-state index in [1.165, 1.54) is 19.3 Å². The van der Waals surface area contributed by atoms with Gasteiger partial charge in [-0.2, -0.15) is 0 Å². The van der Waals surface area contributed by atoms with Crippen molar-refractivity contribution in [3.05, 3.63) is 16.0 Å². The molecule has 0 spiro atoms. The molecular weight excluding hydrogens is 326 g/mol. The molecular formula is C17H28BrN3. The Morgan fingerprint density at radius 3 is 2.48 bits per heavy atom. The number of rotatable bonds is 4. The van der Waals surface area contributed by atoms with Crippen LogP contribution in [-0.4, -0.2) is 16.5 Å². The molecule has 1 aromatic rings. The molecule has 0 saturated heterocycles. The summed E-state index contributed by atoms with van der Waals surface area (Å²) in [7, 11) is 0. The molecule has 3 nitrogen and oxygen atoms in total. The van der Waals surface area contributed by atoms with E-state index < -0.39 is 0 Å². The van der Waals surface area contributed by atoms with Gasteiger partial charge in [-0.3, -0.25) is 0 Å². The van der Waals surface area contributed by atoms with Gasteiger partial charge in [-0.1, -0.05) is 34.6 Å². The standard InChI is InChI=1S/C17H28BrN3/c1-6-9-19-16-13(18)14(17(3,4)5)20-15(21-16)12-8-7-11(2)10-12/h11-12H,6-10H2,1-5H3,(H,19,20,21). The average molecular weight is 354 g/mol. The molecule has 118 valence electrons. The zero-order chi connectivity index (χ0) is 15.6. The normalized spacial score (nSPS) is 22.6. The smallest absolute Gasteiger partial charge is 0.144 e. The summed E-state index contributed by atoms with van der Waals surface area (Å²) in [6.07, 6.45) is 4.84. The molecule has 2 rings (SSSR count). The van der Waals surface area contributed by atoms with Crippen molar-refractivity contribution in [1.82, 2.24) is 9.97 Å². The van der Waals surface area contributed by atoms with Crippen molar-refractivity contribution in [2.24, 2.45) is 5.92 Å².